The highest BCUT2D eigenvalue weighted by Crippen LogP contribution is 2.27. The molecule has 1 aromatic heterocycles. The molecule has 0 saturated heterocycles. The molecular weight excluding hydrogens is 300 g/mol. The summed E-state index contributed by atoms with van der Waals surface area (Å²) < 4.78 is 0. The second-order valence-electron chi connectivity index (χ2n) is 5.08. The molecule has 0 aliphatic carbocycles. The Hall–Kier alpha value is -2.18. The first-order chi connectivity index (χ1) is 10.6. The largest absolute Gasteiger partial charge is 0.392 e. The molecule has 2 heterocycles. The van der Waals surface area contributed by atoms with E-state index in [-0.39, 0.29) is 18.4 Å². The van der Waals surface area contributed by atoms with Crippen LogP contribution in [0.4, 0.5) is 5.69 Å². The molecule has 0 unspecified atom stereocenters. The number of carbonyl (C=O) groups is 2. The summed E-state index contributed by atoms with van der Waals surface area (Å²) in [5.74, 6) is -0.487. The van der Waals surface area contributed by atoms with Gasteiger partial charge in [0.2, 0.25) is 0 Å². The van der Waals surface area contributed by atoms with Gasteiger partial charge in [-0.05, 0) is 24.4 Å². The SMILES string of the molecule is Cc1scc(CO)c1NCCN1C(=O)c2ccccc2C1=O. The Bertz CT molecular complexity index is 704. The fourth-order valence-corrected chi connectivity index (χ4v) is 3.43. The third kappa shape index (κ3) is 2.40. The zero-order chi connectivity index (χ0) is 15.7. The number of rotatable bonds is 5. The number of nitrogens with zero attached hydrogens (tertiary/aromatic N) is 1. The molecule has 2 N–H and O–H groups in total. The summed E-state index contributed by atoms with van der Waals surface area (Å²) in [6.07, 6.45) is 0. The summed E-state index contributed by atoms with van der Waals surface area (Å²) in [6, 6.07) is 6.87. The number of thiophene rings is 1. The first kappa shape index (κ1) is 14.7. The van der Waals surface area contributed by atoms with E-state index < -0.39 is 0 Å². The third-order valence-electron chi connectivity index (χ3n) is 3.74. The van der Waals surface area contributed by atoms with Crippen molar-refractivity contribution in [2.45, 2.75) is 13.5 Å². The molecule has 5 nitrogen and oxygen atoms in total. The molecule has 6 heteroatoms. The van der Waals surface area contributed by atoms with Crippen LogP contribution in [0.2, 0.25) is 0 Å². The van der Waals surface area contributed by atoms with E-state index in [0.717, 1.165) is 16.1 Å². The second-order valence-corrected chi connectivity index (χ2v) is 6.17. The molecule has 0 saturated carbocycles. The summed E-state index contributed by atoms with van der Waals surface area (Å²) >= 11 is 1.56. The lowest BCUT2D eigenvalue weighted by molar-refractivity contribution is 0.0660. The summed E-state index contributed by atoms with van der Waals surface area (Å²) in [4.78, 5) is 26.8. The predicted octanol–water partition coefficient (Wildman–Crippen LogP) is 2.26. The lowest BCUT2D eigenvalue weighted by atomic mass is 10.1. The summed E-state index contributed by atoms with van der Waals surface area (Å²) in [5, 5.41) is 14.4. The highest BCUT2D eigenvalue weighted by molar-refractivity contribution is 7.10. The Balaban J connectivity index is 1.67. The number of fused-ring (bicyclic) bond motifs is 1. The van der Waals surface area contributed by atoms with Gasteiger partial charge in [-0.15, -0.1) is 11.3 Å². The number of carbonyl (C=O) groups excluding carboxylic acids is 2. The molecule has 1 aromatic carbocycles. The van der Waals surface area contributed by atoms with Gasteiger partial charge in [0.15, 0.2) is 0 Å². The normalized spacial score (nSPS) is 13.6. The third-order valence-corrected chi connectivity index (χ3v) is 4.70. The van der Waals surface area contributed by atoms with E-state index in [4.69, 9.17) is 0 Å². The van der Waals surface area contributed by atoms with Gasteiger partial charge in [0, 0.05) is 23.5 Å². The second kappa shape index (κ2) is 5.90. The maximum absolute atomic E-state index is 12.2. The first-order valence-corrected chi connectivity index (χ1v) is 7.88. The van der Waals surface area contributed by atoms with Crippen LogP contribution < -0.4 is 5.32 Å². The van der Waals surface area contributed by atoms with Crippen LogP contribution in [0.15, 0.2) is 29.6 Å². The van der Waals surface area contributed by atoms with Gasteiger partial charge in [0.25, 0.3) is 11.8 Å². The molecule has 3 rings (SSSR count). The number of aryl methyl sites for hydroxylation is 1. The first-order valence-electron chi connectivity index (χ1n) is 7.00. The van der Waals surface area contributed by atoms with E-state index in [9.17, 15) is 14.7 Å². The van der Waals surface area contributed by atoms with Crippen LogP contribution in [0.25, 0.3) is 0 Å². The van der Waals surface area contributed by atoms with Gasteiger partial charge in [-0.3, -0.25) is 14.5 Å². The fourth-order valence-electron chi connectivity index (χ4n) is 2.59. The molecular formula is C16H16N2O3S. The number of aliphatic hydroxyl groups excluding tert-OH is 1. The Morgan fingerprint density at radius 2 is 1.82 bits per heavy atom. The van der Waals surface area contributed by atoms with Crippen LogP contribution in [0.3, 0.4) is 0 Å². The monoisotopic (exact) mass is 316 g/mol. The Morgan fingerprint density at radius 3 is 2.41 bits per heavy atom. The molecule has 1 aliphatic rings. The van der Waals surface area contributed by atoms with Gasteiger partial charge in [-0.1, -0.05) is 12.1 Å². The maximum atomic E-state index is 12.2. The minimum absolute atomic E-state index is 0.0281. The number of nitrogens with one attached hydrogen (secondary N) is 1. The molecule has 1 aliphatic heterocycles. The number of amides is 2. The van der Waals surface area contributed by atoms with Gasteiger partial charge in [-0.25, -0.2) is 0 Å². The van der Waals surface area contributed by atoms with E-state index in [1.54, 1.807) is 35.6 Å². The molecule has 0 fully saturated rings. The molecule has 0 bridgehead atoms. The molecule has 0 radical (unpaired) electrons. The number of imide groups is 1. The molecule has 22 heavy (non-hydrogen) atoms. The lowest BCUT2D eigenvalue weighted by Gasteiger charge is -2.15. The fraction of sp³-hybridized carbons (Fsp3) is 0.250. The minimum Gasteiger partial charge on any atom is -0.392 e. The van der Waals surface area contributed by atoms with Crippen molar-refractivity contribution in [1.82, 2.24) is 4.90 Å². The zero-order valence-electron chi connectivity index (χ0n) is 12.1. The van der Waals surface area contributed by atoms with Crippen LogP contribution in [-0.2, 0) is 6.61 Å². The minimum atomic E-state index is -0.244. The molecule has 114 valence electrons. The summed E-state index contributed by atoms with van der Waals surface area (Å²) in [5.41, 5.74) is 2.67. The zero-order valence-corrected chi connectivity index (χ0v) is 12.9. The quantitative estimate of drug-likeness (QED) is 0.830. The highest BCUT2D eigenvalue weighted by Gasteiger charge is 2.34. The van der Waals surface area contributed by atoms with Crippen LogP contribution in [0.1, 0.15) is 31.2 Å². The summed E-state index contributed by atoms with van der Waals surface area (Å²) in [6.45, 7) is 2.69. The van der Waals surface area contributed by atoms with Crippen molar-refractivity contribution in [3.05, 3.63) is 51.2 Å². The Morgan fingerprint density at radius 1 is 1.18 bits per heavy atom. The van der Waals surface area contributed by atoms with Crippen molar-refractivity contribution in [3.63, 3.8) is 0 Å². The van der Waals surface area contributed by atoms with Gasteiger partial charge in [-0.2, -0.15) is 0 Å². The molecule has 2 amide bonds. The van der Waals surface area contributed by atoms with Crippen LogP contribution >= 0.6 is 11.3 Å². The van der Waals surface area contributed by atoms with E-state index in [1.807, 2.05) is 12.3 Å². The lowest BCUT2D eigenvalue weighted by Crippen LogP contribution is -2.34. The summed E-state index contributed by atoms with van der Waals surface area (Å²) in [7, 11) is 0. The van der Waals surface area contributed by atoms with Gasteiger partial charge < -0.3 is 10.4 Å². The average molecular weight is 316 g/mol. The highest BCUT2D eigenvalue weighted by atomic mass is 32.1. The van der Waals surface area contributed by atoms with Crippen molar-refractivity contribution in [1.29, 1.82) is 0 Å². The number of aliphatic hydroxyl groups is 1. The molecule has 0 spiro atoms. The van der Waals surface area contributed by atoms with E-state index in [0.29, 0.717) is 24.2 Å². The standard InChI is InChI=1S/C16H16N2O3S/c1-10-14(11(8-19)9-22-10)17-6-7-18-15(20)12-4-2-3-5-13(12)16(18)21/h2-5,9,17,19H,6-8H2,1H3. The van der Waals surface area contributed by atoms with Crippen molar-refractivity contribution >= 4 is 28.8 Å². The van der Waals surface area contributed by atoms with E-state index >= 15 is 0 Å². The van der Waals surface area contributed by atoms with E-state index in [1.165, 1.54) is 4.90 Å². The Kier molecular flexibility index (Phi) is 3.96. The van der Waals surface area contributed by atoms with Crippen molar-refractivity contribution < 1.29 is 14.7 Å². The van der Waals surface area contributed by atoms with Crippen LogP contribution in [-0.4, -0.2) is 34.9 Å². The Labute approximate surface area is 132 Å². The average Bonchev–Trinajstić information content (AvgIpc) is 3.01. The van der Waals surface area contributed by atoms with Crippen LogP contribution in [0.5, 0.6) is 0 Å². The predicted molar refractivity (Wildman–Crippen MR) is 85.3 cm³/mol. The topological polar surface area (TPSA) is 69.6 Å². The number of benzene rings is 1. The van der Waals surface area contributed by atoms with Crippen molar-refractivity contribution in [2.75, 3.05) is 18.4 Å². The van der Waals surface area contributed by atoms with Gasteiger partial charge in [0.1, 0.15) is 0 Å². The van der Waals surface area contributed by atoms with Gasteiger partial charge >= 0.3 is 0 Å². The van der Waals surface area contributed by atoms with Crippen LogP contribution in [0, 0.1) is 6.92 Å². The number of hydrogen-bond donors (Lipinski definition) is 2. The van der Waals surface area contributed by atoms with E-state index in [2.05, 4.69) is 5.32 Å². The van der Waals surface area contributed by atoms with Crippen molar-refractivity contribution in [2.24, 2.45) is 0 Å². The van der Waals surface area contributed by atoms with Gasteiger partial charge in [0.05, 0.1) is 23.4 Å². The molecule has 0 atom stereocenters. The molecule has 2 aromatic rings. The van der Waals surface area contributed by atoms with Crippen molar-refractivity contribution in [3.8, 4) is 0 Å². The smallest absolute Gasteiger partial charge is 0.261 e. The number of anilines is 1. The maximum Gasteiger partial charge on any atom is 0.261 e. The number of hydrogen-bond acceptors (Lipinski definition) is 5.